The first kappa shape index (κ1) is 13.1. The number of hydrogen-bond donors (Lipinski definition) is 1. The third-order valence-corrected chi connectivity index (χ3v) is 3.72. The molecule has 0 atom stereocenters. The van der Waals surface area contributed by atoms with Crippen molar-refractivity contribution in [1.29, 1.82) is 0 Å². The lowest BCUT2D eigenvalue weighted by molar-refractivity contribution is 0.340. The summed E-state index contributed by atoms with van der Waals surface area (Å²) in [5.41, 5.74) is 3.40. The van der Waals surface area contributed by atoms with Gasteiger partial charge in [-0.25, -0.2) is 9.97 Å². The van der Waals surface area contributed by atoms with Crippen LogP contribution in [-0.4, -0.2) is 21.7 Å². The number of ether oxygens (including phenoxy) is 1. The van der Waals surface area contributed by atoms with Crippen molar-refractivity contribution in [2.45, 2.75) is 13.8 Å². The van der Waals surface area contributed by atoms with E-state index in [9.17, 15) is 5.11 Å². The molecule has 1 aromatic heterocycles. The first-order valence-electron chi connectivity index (χ1n) is 6.32. The average Bonchev–Trinajstić information content (AvgIpc) is 2.44. The summed E-state index contributed by atoms with van der Waals surface area (Å²) in [6.07, 6.45) is 0. The number of nitrogens with zero attached hydrogens (tertiary/aromatic N) is 2. The molecule has 0 bridgehead atoms. The highest BCUT2D eigenvalue weighted by Gasteiger charge is 2.12. The minimum absolute atomic E-state index is 0.173. The predicted octanol–water partition coefficient (Wildman–Crippen LogP) is 3.96. The quantitative estimate of drug-likeness (QED) is 0.721. The van der Waals surface area contributed by atoms with Crippen molar-refractivity contribution in [3.63, 3.8) is 0 Å². The molecule has 0 amide bonds. The summed E-state index contributed by atoms with van der Waals surface area (Å²) >= 11 is 3.47. The largest absolute Gasteiger partial charge is 0.505 e. The van der Waals surface area contributed by atoms with Crippen LogP contribution in [0.1, 0.15) is 12.5 Å². The van der Waals surface area contributed by atoms with Gasteiger partial charge in [0.1, 0.15) is 22.5 Å². The molecule has 102 valence electrons. The highest BCUT2D eigenvalue weighted by atomic mass is 79.9. The van der Waals surface area contributed by atoms with E-state index in [-0.39, 0.29) is 5.75 Å². The summed E-state index contributed by atoms with van der Waals surface area (Å²) in [7, 11) is 0. The molecule has 2 aromatic carbocycles. The molecule has 0 aliphatic rings. The van der Waals surface area contributed by atoms with Crippen LogP contribution >= 0.6 is 15.9 Å². The molecule has 0 radical (unpaired) electrons. The minimum Gasteiger partial charge on any atom is -0.505 e. The van der Waals surface area contributed by atoms with Gasteiger partial charge in [-0.3, -0.25) is 0 Å². The molecule has 3 rings (SSSR count). The molecule has 4 nitrogen and oxygen atoms in total. The Morgan fingerprint density at radius 3 is 2.65 bits per heavy atom. The Balaban J connectivity index is 2.34. The molecule has 0 saturated heterocycles. The lowest BCUT2D eigenvalue weighted by atomic mass is 10.1. The molecule has 20 heavy (non-hydrogen) atoms. The number of aromatic hydroxyl groups is 1. The lowest BCUT2D eigenvalue weighted by Gasteiger charge is -2.08. The maximum atomic E-state index is 10.1. The van der Waals surface area contributed by atoms with Gasteiger partial charge in [0.05, 0.1) is 17.6 Å². The molecule has 0 aliphatic heterocycles. The zero-order chi connectivity index (χ0) is 14.3. The highest BCUT2D eigenvalue weighted by Crippen LogP contribution is 2.33. The smallest absolute Gasteiger partial charge is 0.146 e. The molecule has 0 unspecified atom stereocenters. The molecular formula is C15H13BrN2O2. The van der Waals surface area contributed by atoms with Gasteiger partial charge in [0.2, 0.25) is 0 Å². The van der Waals surface area contributed by atoms with Gasteiger partial charge in [-0.15, -0.1) is 0 Å². The summed E-state index contributed by atoms with van der Waals surface area (Å²) in [6, 6.07) is 7.40. The van der Waals surface area contributed by atoms with E-state index >= 15 is 0 Å². The van der Waals surface area contributed by atoms with Gasteiger partial charge in [0, 0.05) is 10.5 Å². The zero-order valence-electron chi connectivity index (χ0n) is 11.1. The first-order valence-corrected chi connectivity index (χ1v) is 7.12. The first-order chi connectivity index (χ1) is 9.60. The number of rotatable bonds is 2. The highest BCUT2D eigenvalue weighted by molar-refractivity contribution is 9.10. The summed E-state index contributed by atoms with van der Waals surface area (Å²) in [4.78, 5) is 9.07. The van der Waals surface area contributed by atoms with Gasteiger partial charge in [-0.05, 0) is 53.5 Å². The van der Waals surface area contributed by atoms with Crippen molar-refractivity contribution < 1.29 is 9.84 Å². The van der Waals surface area contributed by atoms with Crippen LogP contribution < -0.4 is 4.74 Å². The van der Waals surface area contributed by atoms with E-state index in [1.807, 2.05) is 38.1 Å². The fourth-order valence-electron chi connectivity index (χ4n) is 2.14. The lowest BCUT2D eigenvalue weighted by Crippen LogP contribution is -1.94. The van der Waals surface area contributed by atoms with Crippen LogP contribution in [0.5, 0.6) is 11.5 Å². The third-order valence-electron chi connectivity index (χ3n) is 3.11. The minimum atomic E-state index is 0.173. The SMILES string of the molecule is CCOc1ccc2nc3c(O)c(C)cc(Br)c3nc2c1. The second-order valence-corrected chi connectivity index (χ2v) is 5.38. The van der Waals surface area contributed by atoms with Gasteiger partial charge in [-0.1, -0.05) is 0 Å². The Kier molecular flexibility index (Phi) is 3.22. The van der Waals surface area contributed by atoms with Gasteiger partial charge in [0.25, 0.3) is 0 Å². The average molecular weight is 333 g/mol. The summed E-state index contributed by atoms with van der Waals surface area (Å²) < 4.78 is 6.29. The summed E-state index contributed by atoms with van der Waals surface area (Å²) in [5, 5.41) is 10.1. The van der Waals surface area contributed by atoms with E-state index in [0.29, 0.717) is 17.6 Å². The Morgan fingerprint density at radius 2 is 1.90 bits per heavy atom. The fraction of sp³-hybridized carbons (Fsp3) is 0.200. The van der Waals surface area contributed by atoms with Gasteiger partial charge in [-0.2, -0.15) is 0 Å². The van der Waals surface area contributed by atoms with E-state index in [0.717, 1.165) is 26.8 Å². The van der Waals surface area contributed by atoms with Crippen LogP contribution in [0.3, 0.4) is 0 Å². The molecule has 0 fully saturated rings. The van der Waals surface area contributed by atoms with Crippen molar-refractivity contribution in [3.8, 4) is 11.5 Å². The molecule has 0 spiro atoms. The molecule has 5 heteroatoms. The van der Waals surface area contributed by atoms with E-state index in [2.05, 4.69) is 25.9 Å². The van der Waals surface area contributed by atoms with E-state index in [1.54, 1.807) is 0 Å². The van der Waals surface area contributed by atoms with Crippen molar-refractivity contribution >= 4 is 38.0 Å². The van der Waals surface area contributed by atoms with Crippen molar-refractivity contribution in [2.75, 3.05) is 6.61 Å². The van der Waals surface area contributed by atoms with E-state index < -0.39 is 0 Å². The Labute approximate surface area is 124 Å². The molecule has 1 heterocycles. The monoisotopic (exact) mass is 332 g/mol. The fourth-order valence-corrected chi connectivity index (χ4v) is 2.76. The Bertz CT molecular complexity index is 818. The maximum absolute atomic E-state index is 10.1. The standard InChI is InChI=1S/C15H13BrN2O2/c1-3-20-9-4-5-11-12(7-9)18-13-10(16)6-8(2)15(19)14(13)17-11/h4-7,19H,3H2,1-2H3. The Hall–Kier alpha value is -1.88. The molecule has 1 N–H and O–H groups in total. The number of phenolic OH excluding ortho intramolecular Hbond substituents is 1. The second-order valence-electron chi connectivity index (χ2n) is 4.53. The summed E-state index contributed by atoms with van der Waals surface area (Å²) in [6.45, 7) is 4.38. The van der Waals surface area contributed by atoms with E-state index in [1.165, 1.54) is 0 Å². The van der Waals surface area contributed by atoms with Crippen molar-refractivity contribution in [1.82, 2.24) is 9.97 Å². The predicted molar refractivity (Wildman–Crippen MR) is 82.3 cm³/mol. The number of halogens is 1. The molecule has 3 aromatic rings. The molecular weight excluding hydrogens is 320 g/mol. The zero-order valence-corrected chi connectivity index (χ0v) is 12.7. The number of phenols is 1. The van der Waals surface area contributed by atoms with Crippen LogP contribution in [0, 0.1) is 6.92 Å². The van der Waals surface area contributed by atoms with Crippen LogP contribution in [0.4, 0.5) is 0 Å². The van der Waals surface area contributed by atoms with Crippen molar-refractivity contribution in [2.24, 2.45) is 0 Å². The van der Waals surface area contributed by atoms with Crippen LogP contribution in [0.2, 0.25) is 0 Å². The number of benzene rings is 2. The van der Waals surface area contributed by atoms with Crippen LogP contribution in [-0.2, 0) is 0 Å². The number of fused-ring (bicyclic) bond motifs is 2. The van der Waals surface area contributed by atoms with E-state index in [4.69, 9.17) is 4.74 Å². The van der Waals surface area contributed by atoms with Crippen LogP contribution in [0.15, 0.2) is 28.7 Å². The number of aromatic nitrogens is 2. The number of hydrogen-bond acceptors (Lipinski definition) is 4. The topological polar surface area (TPSA) is 55.2 Å². The maximum Gasteiger partial charge on any atom is 0.146 e. The molecule has 0 aliphatic carbocycles. The number of aryl methyl sites for hydroxylation is 1. The molecule has 0 saturated carbocycles. The summed E-state index contributed by atoms with van der Waals surface area (Å²) in [5.74, 6) is 0.938. The normalized spacial score (nSPS) is 11.2. The van der Waals surface area contributed by atoms with Gasteiger partial charge >= 0.3 is 0 Å². The van der Waals surface area contributed by atoms with Crippen LogP contribution in [0.25, 0.3) is 22.1 Å². The second kappa shape index (κ2) is 4.90. The Morgan fingerprint density at radius 1 is 1.15 bits per heavy atom. The van der Waals surface area contributed by atoms with Gasteiger partial charge < -0.3 is 9.84 Å². The van der Waals surface area contributed by atoms with Crippen molar-refractivity contribution in [3.05, 3.63) is 34.3 Å². The third kappa shape index (κ3) is 2.08. The van der Waals surface area contributed by atoms with Gasteiger partial charge in [0.15, 0.2) is 0 Å².